The first-order valence-corrected chi connectivity index (χ1v) is 15.5. The van der Waals surface area contributed by atoms with Crippen molar-refractivity contribution in [2.24, 2.45) is 5.92 Å². The first-order valence-electron chi connectivity index (χ1n) is 13.3. The Bertz CT molecular complexity index is 1370. The van der Waals surface area contributed by atoms with Crippen LogP contribution in [0.25, 0.3) is 0 Å². The summed E-state index contributed by atoms with van der Waals surface area (Å²) in [5.74, 6) is -0.640. The predicted molar refractivity (Wildman–Crippen MR) is 151 cm³/mol. The Morgan fingerprint density at radius 2 is 1.78 bits per heavy atom. The molecule has 0 radical (unpaired) electrons. The number of sulfonamides is 1. The first kappa shape index (κ1) is 31.2. The van der Waals surface area contributed by atoms with E-state index >= 15 is 0 Å². The van der Waals surface area contributed by atoms with Crippen LogP contribution in [0.15, 0.2) is 47.4 Å². The second-order valence-corrected chi connectivity index (χ2v) is 12.9. The van der Waals surface area contributed by atoms with E-state index in [1.54, 1.807) is 6.92 Å². The van der Waals surface area contributed by atoms with Gasteiger partial charge in [0.15, 0.2) is 0 Å². The summed E-state index contributed by atoms with van der Waals surface area (Å²) in [5, 5.41) is 5.66. The minimum Gasteiger partial charge on any atom is -0.341 e. The van der Waals surface area contributed by atoms with E-state index < -0.39 is 39.4 Å². The molecular weight excluding hydrogens is 604 g/mol. The maximum atomic E-state index is 14.0. The fourth-order valence-electron chi connectivity index (χ4n) is 4.83. The van der Waals surface area contributed by atoms with E-state index in [0.717, 1.165) is 31.4 Å². The van der Waals surface area contributed by atoms with Crippen LogP contribution in [0.5, 0.6) is 0 Å². The summed E-state index contributed by atoms with van der Waals surface area (Å²) in [6, 6.07) is 6.02. The Morgan fingerprint density at radius 3 is 2.39 bits per heavy atom. The number of piperidine rings is 1. The van der Waals surface area contributed by atoms with Crippen molar-refractivity contribution in [1.82, 2.24) is 15.5 Å². The van der Waals surface area contributed by atoms with Gasteiger partial charge in [0.2, 0.25) is 5.91 Å². The van der Waals surface area contributed by atoms with Crippen molar-refractivity contribution in [1.29, 1.82) is 0 Å². The Labute approximate surface area is 247 Å². The molecule has 1 saturated carbocycles. The average molecular weight is 636 g/mol. The molecule has 3 amide bonds. The lowest BCUT2D eigenvalue weighted by Crippen LogP contribution is -2.54. The number of hydrogen-bond donors (Lipinski definition) is 2. The molecule has 2 atom stereocenters. The number of carbonyl (C=O) groups excluding carboxylic acids is 2. The minimum atomic E-state index is -4.78. The lowest BCUT2D eigenvalue weighted by molar-refractivity contribution is -0.137. The highest BCUT2D eigenvalue weighted by Crippen LogP contribution is 2.39. The number of halogens is 5. The maximum Gasteiger partial charge on any atom is 0.416 e. The summed E-state index contributed by atoms with van der Waals surface area (Å²) < 4.78 is 69.7. The Hall–Kier alpha value is -2.70. The third-order valence-corrected chi connectivity index (χ3v) is 9.54. The molecule has 0 bridgehead atoms. The number of nitrogens with zero attached hydrogens (tertiary/aromatic N) is 2. The van der Waals surface area contributed by atoms with Crippen molar-refractivity contribution >= 4 is 50.9 Å². The van der Waals surface area contributed by atoms with E-state index in [0.29, 0.717) is 29.9 Å². The number of benzene rings is 2. The summed E-state index contributed by atoms with van der Waals surface area (Å²) in [7, 11) is -4.58. The molecule has 1 heterocycles. The van der Waals surface area contributed by atoms with Gasteiger partial charge in [-0.25, -0.2) is 13.2 Å². The van der Waals surface area contributed by atoms with Crippen molar-refractivity contribution in [2.75, 3.05) is 23.9 Å². The van der Waals surface area contributed by atoms with Gasteiger partial charge in [0, 0.05) is 30.7 Å². The fraction of sp³-hybridized carbons (Fsp3) is 0.481. The first-order chi connectivity index (χ1) is 19.3. The number of carbonyl (C=O) groups is 2. The van der Waals surface area contributed by atoms with Gasteiger partial charge in [-0.1, -0.05) is 30.1 Å². The minimum absolute atomic E-state index is 0.0402. The van der Waals surface area contributed by atoms with E-state index in [1.165, 1.54) is 29.2 Å². The molecule has 1 aliphatic heterocycles. The van der Waals surface area contributed by atoms with E-state index in [2.05, 4.69) is 10.6 Å². The Kier molecular flexibility index (Phi) is 9.65. The van der Waals surface area contributed by atoms with Gasteiger partial charge < -0.3 is 15.5 Å². The van der Waals surface area contributed by atoms with E-state index in [4.69, 9.17) is 23.2 Å². The van der Waals surface area contributed by atoms with E-state index in [-0.39, 0.29) is 45.9 Å². The van der Waals surface area contributed by atoms with Crippen LogP contribution >= 0.6 is 23.2 Å². The quantitative estimate of drug-likeness (QED) is 0.370. The van der Waals surface area contributed by atoms with Crippen LogP contribution in [0.3, 0.4) is 0 Å². The Balaban J connectivity index is 1.66. The van der Waals surface area contributed by atoms with Gasteiger partial charge in [-0.3, -0.25) is 9.10 Å². The van der Waals surface area contributed by atoms with Gasteiger partial charge in [-0.2, -0.15) is 13.2 Å². The highest BCUT2D eigenvalue weighted by Gasteiger charge is 2.41. The molecule has 4 rings (SSSR count). The van der Waals surface area contributed by atoms with Crippen LogP contribution in [0.4, 0.5) is 23.7 Å². The van der Waals surface area contributed by atoms with Crippen LogP contribution in [0, 0.1) is 5.92 Å². The molecule has 2 fully saturated rings. The number of rotatable bonds is 9. The normalized spacial score (nSPS) is 18.5. The van der Waals surface area contributed by atoms with Crippen LogP contribution in [-0.2, 0) is 21.0 Å². The van der Waals surface area contributed by atoms with Gasteiger partial charge in [0.05, 0.1) is 21.2 Å². The molecule has 1 saturated heterocycles. The van der Waals surface area contributed by atoms with Crippen molar-refractivity contribution in [3.8, 4) is 0 Å². The number of hydrogen-bond acceptors (Lipinski definition) is 4. The molecule has 2 aromatic rings. The number of alkyl halides is 3. The van der Waals surface area contributed by atoms with Gasteiger partial charge in [0.25, 0.3) is 10.0 Å². The number of anilines is 1. The summed E-state index contributed by atoms with van der Waals surface area (Å²) in [4.78, 5) is 27.3. The van der Waals surface area contributed by atoms with Crippen LogP contribution in [0.2, 0.25) is 10.0 Å². The van der Waals surface area contributed by atoms with Gasteiger partial charge >= 0.3 is 12.2 Å². The van der Waals surface area contributed by atoms with Gasteiger partial charge in [-0.05, 0) is 80.5 Å². The van der Waals surface area contributed by atoms with Crippen LogP contribution < -0.4 is 14.9 Å². The zero-order chi connectivity index (χ0) is 29.9. The second-order valence-electron chi connectivity index (χ2n) is 10.3. The zero-order valence-corrected chi connectivity index (χ0v) is 24.6. The smallest absolute Gasteiger partial charge is 0.341 e. The number of amides is 3. The molecular formula is C27H31Cl2F3N4O4S. The lowest BCUT2D eigenvalue weighted by Gasteiger charge is -2.39. The fourth-order valence-corrected chi connectivity index (χ4v) is 6.90. The molecule has 0 aromatic heterocycles. The highest BCUT2D eigenvalue weighted by molar-refractivity contribution is 7.93. The number of likely N-dealkylation sites (tertiary alicyclic amines) is 1. The molecule has 2 N–H and O–H groups in total. The van der Waals surface area contributed by atoms with E-state index in [1.807, 2.05) is 0 Å². The van der Waals surface area contributed by atoms with Gasteiger partial charge in [0.1, 0.15) is 6.04 Å². The summed E-state index contributed by atoms with van der Waals surface area (Å²) in [5.41, 5.74) is -1.56. The van der Waals surface area contributed by atoms with Crippen molar-refractivity contribution in [3.05, 3.63) is 58.1 Å². The molecule has 2 aliphatic rings. The maximum absolute atomic E-state index is 14.0. The highest BCUT2D eigenvalue weighted by atomic mass is 35.5. The van der Waals surface area contributed by atoms with Crippen LogP contribution in [-0.4, -0.2) is 57.0 Å². The van der Waals surface area contributed by atoms with E-state index in [9.17, 15) is 31.2 Å². The molecule has 41 heavy (non-hydrogen) atoms. The van der Waals surface area contributed by atoms with Gasteiger partial charge in [-0.15, -0.1) is 0 Å². The predicted octanol–water partition coefficient (Wildman–Crippen LogP) is 5.69. The SMILES string of the molecule is CC[C@@H](C(=O)N1CCCC(CNC(=O)NC2CC2)C1)N(c1cc(C(F)(F)F)ccc1Cl)S(=O)(=O)c1ccc(Cl)cc1. The zero-order valence-electron chi connectivity index (χ0n) is 22.3. The van der Waals surface area contributed by atoms with Crippen molar-refractivity contribution < 1.29 is 31.2 Å². The van der Waals surface area contributed by atoms with Crippen molar-refractivity contribution in [2.45, 2.75) is 62.2 Å². The Morgan fingerprint density at radius 1 is 1.10 bits per heavy atom. The second kappa shape index (κ2) is 12.7. The van der Waals surface area contributed by atoms with Crippen molar-refractivity contribution in [3.63, 3.8) is 0 Å². The third-order valence-electron chi connectivity index (χ3n) is 7.13. The monoisotopic (exact) mass is 634 g/mol. The molecule has 8 nitrogen and oxygen atoms in total. The molecule has 14 heteroatoms. The number of urea groups is 1. The largest absolute Gasteiger partial charge is 0.416 e. The topological polar surface area (TPSA) is 98.8 Å². The average Bonchev–Trinajstić information content (AvgIpc) is 3.74. The summed E-state index contributed by atoms with van der Waals surface area (Å²) in [6.45, 7) is 2.50. The molecule has 0 spiro atoms. The van der Waals surface area contributed by atoms with Crippen LogP contribution in [0.1, 0.15) is 44.6 Å². The molecule has 224 valence electrons. The lowest BCUT2D eigenvalue weighted by atomic mass is 9.97. The summed E-state index contributed by atoms with van der Waals surface area (Å²) >= 11 is 12.3. The third kappa shape index (κ3) is 7.58. The molecule has 1 unspecified atom stereocenters. The molecule has 2 aromatic carbocycles. The summed E-state index contributed by atoms with van der Waals surface area (Å²) in [6.07, 6.45) is -1.56. The number of nitrogens with one attached hydrogen (secondary N) is 2. The molecule has 1 aliphatic carbocycles. The standard InChI is InChI=1S/C27H31Cl2F3N4O4S/c1-2-23(25(37)35-13-3-4-17(16-35)15-33-26(38)34-20-8-9-20)36(41(39,40)21-10-6-19(28)7-11-21)24-14-18(27(30,31)32)5-12-22(24)29/h5-7,10-12,14,17,20,23H,2-4,8-9,13,15-16H2,1H3,(H2,33,34,38)/t17?,23-/m0/s1.